The Morgan fingerprint density at radius 1 is 1.03 bits per heavy atom. The first-order valence-corrected chi connectivity index (χ1v) is 12.4. The van der Waals surface area contributed by atoms with Gasteiger partial charge in [-0.2, -0.15) is 4.98 Å². The Morgan fingerprint density at radius 2 is 1.67 bits per heavy atom. The van der Waals surface area contributed by atoms with E-state index in [2.05, 4.69) is 4.98 Å². The zero-order valence-electron chi connectivity index (χ0n) is 22.1. The van der Waals surface area contributed by atoms with Crippen LogP contribution in [0.4, 0.5) is 8.78 Å². The third-order valence-corrected chi connectivity index (χ3v) is 7.52. The van der Waals surface area contributed by atoms with Gasteiger partial charge in [0.2, 0.25) is 0 Å². The van der Waals surface area contributed by atoms with Crippen LogP contribution in [-0.2, 0) is 0 Å². The Hall–Kier alpha value is -4.34. The maximum atomic E-state index is 15.1. The first-order chi connectivity index (χ1) is 18.4. The Kier molecular flexibility index (Phi) is 6.16. The third-order valence-electron chi connectivity index (χ3n) is 7.52. The molecule has 6 bridgehead atoms. The molecule has 0 amide bonds. The summed E-state index contributed by atoms with van der Waals surface area (Å²) in [5.41, 5.74) is 5.45. The summed E-state index contributed by atoms with van der Waals surface area (Å²) in [5.74, 6) is -5.27. The fraction of sp³-hybridized carbons (Fsp3) is 0.310. The Balaban J connectivity index is 1.78. The summed E-state index contributed by atoms with van der Waals surface area (Å²) >= 11 is 0. The van der Waals surface area contributed by atoms with Crippen LogP contribution in [-0.4, -0.2) is 29.0 Å². The maximum absolute atomic E-state index is 15.1. The highest BCUT2D eigenvalue weighted by Gasteiger charge is 2.65. The van der Waals surface area contributed by atoms with Gasteiger partial charge >= 0.3 is 0 Å². The number of nitrogen functional groups attached to an aromatic ring is 1. The van der Waals surface area contributed by atoms with Gasteiger partial charge in [0.15, 0.2) is 23.2 Å². The second-order valence-corrected chi connectivity index (χ2v) is 10.3. The molecule has 0 spiro atoms. The molecule has 2 atom stereocenters. The molecule has 3 aliphatic rings. The minimum absolute atomic E-state index is 0.0226. The van der Waals surface area contributed by atoms with Crippen molar-refractivity contribution in [3.05, 3.63) is 69.8 Å². The predicted octanol–water partition coefficient (Wildman–Crippen LogP) is 5.90. The Bertz CT molecular complexity index is 1580. The van der Waals surface area contributed by atoms with Crippen molar-refractivity contribution in [2.24, 2.45) is 23.0 Å². The molecule has 6 rings (SSSR count). The van der Waals surface area contributed by atoms with Gasteiger partial charge in [0.05, 0.1) is 12.2 Å². The van der Waals surface area contributed by atoms with E-state index in [0.717, 1.165) is 0 Å². The number of aromatic nitrogens is 1. The average Bonchev–Trinajstić information content (AvgIpc) is 3.47. The largest absolute Gasteiger partial charge is 0.493 e. The molecule has 10 heteroatoms. The van der Waals surface area contributed by atoms with E-state index < -0.39 is 52.0 Å². The van der Waals surface area contributed by atoms with Gasteiger partial charge in [-0.05, 0) is 56.5 Å². The smallest absolute Gasteiger partial charge is 0.259 e. The van der Waals surface area contributed by atoms with Gasteiger partial charge in [0, 0.05) is 34.1 Å². The number of hydrogen-bond donors (Lipinski definition) is 2. The molecule has 3 aromatic rings. The van der Waals surface area contributed by atoms with E-state index in [1.54, 1.807) is 13.8 Å². The van der Waals surface area contributed by atoms with Crippen LogP contribution in [0, 0.1) is 48.1 Å². The lowest BCUT2D eigenvalue weighted by Crippen LogP contribution is -2.19. The summed E-state index contributed by atoms with van der Waals surface area (Å²) < 4.78 is 47.3. The summed E-state index contributed by atoms with van der Waals surface area (Å²) in [7, 11) is 0. The Morgan fingerprint density at radius 3 is 2.31 bits per heavy atom. The quantitative estimate of drug-likeness (QED) is 0.316. The SMILES string of the molecule is CCOc1ccc2c(C)c1C(=O)C1C(C(=O)c3ccc(cc3C(=N)N)Oc3nc(c(F)c(C)c3F)O2)C1(C)C. The molecule has 2 aliphatic heterocycles. The number of amidine groups is 1. The van der Waals surface area contributed by atoms with Crippen LogP contribution >= 0.6 is 0 Å². The number of rotatable bonds is 3. The number of ether oxygens (including phenoxy) is 3. The summed E-state index contributed by atoms with van der Waals surface area (Å²) in [6, 6.07) is 7.18. The van der Waals surface area contributed by atoms with Crippen molar-refractivity contribution in [1.82, 2.24) is 4.98 Å². The number of nitrogens with zero attached hydrogens (tertiary/aromatic N) is 1. The molecule has 1 aliphatic carbocycles. The van der Waals surface area contributed by atoms with Gasteiger partial charge in [0.25, 0.3) is 11.8 Å². The molecule has 0 saturated heterocycles. The molecular formula is C29H27F2N3O5. The van der Waals surface area contributed by atoms with Gasteiger partial charge in [-0.15, -0.1) is 0 Å². The molecule has 39 heavy (non-hydrogen) atoms. The highest BCUT2D eigenvalue weighted by Crippen LogP contribution is 2.61. The minimum atomic E-state index is -1.05. The molecule has 3 heterocycles. The summed E-state index contributed by atoms with van der Waals surface area (Å²) in [6.07, 6.45) is 0. The maximum Gasteiger partial charge on any atom is 0.259 e. The van der Waals surface area contributed by atoms with Crippen LogP contribution in [0.25, 0.3) is 0 Å². The molecular weight excluding hydrogens is 508 g/mol. The van der Waals surface area contributed by atoms with Crippen molar-refractivity contribution in [2.45, 2.75) is 34.6 Å². The number of nitrogens with one attached hydrogen (secondary N) is 1. The summed E-state index contributed by atoms with van der Waals surface area (Å²) in [5, 5.41) is 8.05. The van der Waals surface area contributed by atoms with Crippen molar-refractivity contribution < 1.29 is 32.6 Å². The second-order valence-electron chi connectivity index (χ2n) is 10.3. The zero-order valence-corrected chi connectivity index (χ0v) is 22.1. The Labute approximate surface area is 223 Å². The number of Topliss-reactive ketones (excluding diaryl/α,β-unsaturated/α-hetero) is 2. The number of benzene rings is 2. The first-order valence-electron chi connectivity index (χ1n) is 12.4. The normalized spacial score (nSPS) is 19.2. The van der Waals surface area contributed by atoms with Gasteiger partial charge in [-0.25, -0.2) is 8.78 Å². The predicted molar refractivity (Wildman–Crippen MR) is 138 cm³/mol. The number of carbonyl (C=O) groups excluding carboxylic acids is 2. The van der Waals surface area contributed by atoms with E-state index in [-0.39, 0.29) is 46.4 Å². The number of ketones is 2. The fourth-order valence-electron chi connectivity index (χ4n) is 5.28. The van der Waals surface area contributed by atoms with E-state index in [1.165, 1.54) is 37.3 Å². The number of pyridine rings is 1. The monoisotopic (exact) mass is 535 g/mol. The molecule has 3 N–H and O–H groups in total. The van der Waals surface area contributed by atoms with Crippen molar-refractivity contribution >= 4 is 17.4 Å². The lowest BCUT2D eigenvalue weighted by molar-refractivity contribution is 0.0903. The lowest BCUT2D eigenvalue weighted by atomic mass is 9.95. The highest BCUT2D eigenvalue weighted by atomic mass is 19.1. The molecule has 1 fully saturated rings. The third kappa shape index (κ3) is 4.10. The zero-order chi connectivity index (χ0) is 28.4. The molecule has 2 aromatic carbocycles. The van der Waals surface area contributed by atoms with Crippen molar-refractivity contribution in [3.63, 3.8) is 0 Å². The van der Waals surface area contributed by atoms with E-state index >= 15 is 8.78 Å². The topological polar surface area (TPSA) is 125 Å². The van der Waals surface area contributed by atoms with Gasteiger partial charge in [0.1, 0.15) is 23.1 Å². The molecule has 2 unspecified atom stereocenters. The van der Waals surface area contributed by atoms with Crippen LogP contribution in [0.1, 0.15) is 58.2 Å². The number of fused-ring (bicyclic) bond motifs is 2. The first kappa shape index (κ1) is 26.3. The average molecular weight is 536 g/mol. The standard InChI is InChI=1S/C29H27F2N3O5/c1-6-37-18-10-9-17-12(2)19(18)25(36)21-20(29(21,4)5)24(35)15-8-7-14(11-16(15)26(32)33)38-27-22(30)13(3)23(31)28(34-27)39-17/h7-11,20-21H,6H2,1-5H3,(H3,32,33). The van der Waals surface area contributed by atoms with E-state index in [4.69, 9.17) is 25.4 Å². The van der Waals surface area contributed by atoms with Crippen LogP contribution in [0.15, 0.2) is 30.3 Å². The van der Waals surface area contributed by atoms with Crippen molar-refractivity contribution in [1.29, 1.82) is 5.41 Å². The highest BCUT2D eigenvalue weighted by molar-refractivity contribution is 6.15. The number of carbonyl (C=O) groups is 2. The van der Waals surface area contributed by atoms with Crippen LogP contribution in [0.2, 0.25) is 0 Å². The number of halogens is 2. The van der Waals surface area contributed by atoms with E-state index in [9.17, 15) is 9.59 Å². The summed E-state index contributed by atoms with van der Waals surface area (Å²) in [4.78, 5) is 31.7. The van der Waals surface area contributed by atoms with Crippen molar-refractivity contribution in [3.8, 4) is 29.0 Å². The molecule has 1 saturated carbocycles. The van der Waals surface area contributed by atoms with Gasteiger partial charge in [-0.1, -0.05) is 13.8 Å². The van der Waals surface area contributed by atoms with E-state index in [1.807, 2.05) is 13.8 Å². The molecule has 8 nitrogen and oxygen atoms in total. The van der Waals surface area contributed by atoms with Crippen LogP contribution in [0.5, 0.6) is 29.0 Å². The molecule has 1 aromatic heterocycles. The van der Waals surface area contributed by atoms with Crippen molar-refractivity contribution in [2.75, 3.05) is 6.61 Å². The molecule has 202 valence electrons. The van der Waals surface area contributed by atoms with E-state index in [0.29, 0.717) is 11.3 Å². The molecule has 0 radical (unpaired) electrons. The summed E-state index contributed by atoms with van der Waals surface area (Å²) in [6.45, 7) is 8.53. The number of hydrogen-bond acceptors (Lipinski definition) is 7. The fourth-order valence-corrected chi connectivity index (χ4v) is 5.28. The van der Waals surface area contributed by atoms with Crippen LogP contribution < -0.4 is 19.9 Å². The lowest BCUT2D eigenvalue weighted by Gasteiger charge is -2.18. The van der Waals surface area contributed by atoms with Crippen LogP contribution in [0.3, 0.4) is 0 Å². The van der Waals surface area contributed by atoms with Gasteiger partial charge < -0.3 is 19.9 Å². The second kappa shape index (κ2) is 9.14. The minimum Gasteiger partial charge on any atom is -0.493 e. The van der Waals surface area contributed by atoms with Gasteiger partial charge in [-0.3, -0.25) is 15.0 Å². The number of nitrogens with two attached hydrogens (primary N) is 1.